The van der Waals surface area contributed by atoms with E-state index in [0.717, 1.165) is 6.42 Å². The molecule has 2 heteroatoms. The number of hydrogen-bond acceptors (Lipinski definition) is 2. The summed E-state index contributed by atoms with van der Waals surface area (Å²) in [4.78, 5) is 0. The quantitative estimate of drug-likeness (QED) is 0.604. The summed E-state index contributed by atoms with van der Waals surface area (Å²) in [6.45, 7) is 3.96. The van der Waals surface area contributed by atoms with Crippen LogP contribution >= 0.6 is 0 Å². The second kappa shape index (κ2) is 5.59. The average molecular weight is 152 g/mol. The molecular weight excluding hydrogens is 136 g/mol. The molecule has 0 aliphatic rings. The Balaban J connectivity index is 4.27. The summed E-state index contributed by atoms with van der Waals surface area (Å²) in [7, 11) is 0. The highest BCUT2D eigenvalue weighted by molar-refractivity contribution is 5.28. The third-order valence-corrected chi connectivity index (χ3v) is 1.21. The van der Waals surface area contributed by atoms with Gasteiger partial charge in [0.1, 0.15) is 0 Å². The van der Waals surface area contributed by atoms with Gasteiger partial charge in [0.05, 0.1) is 11.4 Å². The molecule has 0 aromatic rings. The molecular formula is C9H16N2. The van der Waals surface area contributed by atoms with E-state index >= 15 is 0 Å². The van der Waals surface area contributed by atoms with Gasteiger partial charge in [-0.15, -0.1) is 0 Å². The summed E-state index contributed by atoms with van der Waals surface area (Å²) in [6, 6.07) is 0. The fourth-order valence-corrected chi connectivity index (χ4v) is 0.617. The smallest absolute Gasteiger partial charge is 0.0544 e. The van der Waals surface area contributed by atoms with E-state index < -0.39 is 0 Å². The fourth-order valence-electron chi connectivity index (χ4n) is 0.617. The van der Waals surface area contributed by atoms with Crippen molar-refractivity contribution >= 4 is 0 Å². The highest BCUT2D eigenvalue weighted by Crippen LogP contribution is 1.95. The molecule has 0 atom stereocenters. The van der Waals surface area contributed by atoms with Crippen LogP contribution in [0.4, 0.5) is 0 Å². The molecule has 0 saturated heterocycles. The summed E-state index contributed by atoms with van der Waals surface area (Å²) >= 11 is 0. The van der Waals surface area contributed by atoms with Gasteiger partial charge in [0, 0.05) is 0 Å². The van der Waals surface area contributed by atoms with E-state index in [4.69, 9.17) is 11.5 Å². The second-order valence-corrected chi connectivity index (χ2v) is 2.22. The van der Waals surface area contributed by atoms with Gasteiger partial charge in [-0.25, -0.2) is 0 Å². The lowest BCUT2D eigenvalue weighted by molar-refractivity contribution is 1.20. The van der Waals surface area contributed by atoms with Crippen molar-refractivity contribution in [3.63, 3.8) is 0 Å². The van der Waals surface area contributed by atoms with E-state index in [9.17, 15) is 0 Å². The lowest BCUT2D eigenvalue weighted by Gasteiger charge is -1.95. The predicted molar refractivity (Wildman–Crippen MR) is 49.6 cm³/mol. The van der Waals surface area contributed by atoms with E-state index in [2.05, 4.69) is 6.92 Å². The molecule has 0 aliphatic carbocycles. The zero-order chi connectivity index (χ0) is 8.69. The molecule has 2 nitrogen and oxygen atoms in total. The summed E-state index contributed by atoms with van der Waals surface area (Å²) in [5, 5.41) is 0. The van der Waals surface area contributed by atoms with Gasteiger partial charge in [0.25, 0.3) is 0 Å². The van der Waals surface area contributed by atoms with E-state index in [0.29, 0.717) is 11.4 Å². The van der Waals surface area contributed by atoms with Crippen molar-refractivity contribution in [2.24, 2.45) is 11.5 Å². The maximum Gasteiger partial charge on any atom is 0.0544 e. The van der Waals surface area contributed by atoms with Crippen LogP contribution in [0.1, 0.15) is 20.3 Å². The Hall–Kier alpha value is -1.18. The third kappa shape index (κ3) is 4.25. The molecule has 0 spiro atoms. The molecule has 0 aromatic heterocycles. The van der Waals surface area contributed by atoms with Crippen LogP contribution in [-0.2, 0) is 0 Å². The van der Waals surface area contributed by atoms with Gasteiger partial charge in [0.2, 0.25) is 0 Å². The van der Waals surface area contributed by atoms with E-state index in [1.54, 1.807) is 6.08 Å². The van der Waals surface area contributed by atoms with Crippen molar-refractivity contribution in [3.05, 3.63) is 35.7 Å². The van der Waals surface area contributed by atoms with Crippen LogP contribution in [0.3, 0.4) is 0 Å². The van der Waals surface area contributed by atoms with Crippen LogP contribution < -0.4 is 11.5 Å². The zero-order valence-electron chi connectivity index (χ0n) is 7.17. The summed E-state index contributed by atoms with van der Waals surface area (Å²) in [5.74, 6) is 0. The van der Waals surface area contributed by atoms with Crippen molar-refractivity contribution in [2.45, 2.75) is 20.3 Å². The Morgan fingerprint density at radius 3 is 2.18 bits per heavy atom. The fraction of sp³-hybridized carbons (Fsp3) is 0.333. The molecule has 0 rings (SSSR count). The molecule has 0 amide bonds. The predicted octanol–water partition coefficient (Wildman–Crippen LogP) is 1.66. The number of rotatable bonds is 3. The number of hydrogen-bond donors (Lipinski definition) is 2. The topological polar surface area (TPSA) is 52.0 Å². The molecule has 0 bridgehead atoms. The summed E-state index contributed by atoms with van der Waals surface area (Å²) < 4.78 is 0. The number of allylic oxidation sites excluding steroid dienone is 4. The Kier molecular flexibility index (Phi) is 4.99. The van der Waals surface area contributed by atoms with Gasteiger partial charge in [-0.05, 0) is 25.5 Å². The normalized spacial score (nSPS) is 14.4. The lowest BCUT2D eigenvalue weighted by atomic mass is 10.3. The minimum atomic E-state index is 0.622. The van der Waals surface area contributed by atoms with Crippen molar-refractivity contribution in [1.29, 1.82) is 0 Å². The maximum atomic E-state index is 5.61. The first-order valence-electron chi connectivity index (χ1n) is 3.76. The molecule has 0 heterocycles. The first kappa shape index (κ1) is 9.82. The Bertz CT molecular complexity index is 188. The van der Waals surface area contributed by atoms with Crippen LogP contribution in [0, 0.1) is 0 Å². The SMILES string of the molecule is C/C=C/C(N)=C(N)\C=C/CC. The van der Waals surface area contributed by atoms with Crippen LogP contribution in [0.5, 0.6) is 0 Å². The van der Waals surface area contributed by atoms with Crippen molar-refractivity contribution in [2.75, 3.05) is 0 Å². The maximum absolute atomic E-state index is 5.61. The van der Waals surface area contributed by atoms with Gasteiger partial charge >= 0.3 is 0 Å². The van der Waals surface area contributed by atoms with Crippen molar-refractivity contribution in [1.82, 2.24) is 0 Å². The molecule has 62 valence electrons. The lowest BCUT2D eigenvalue weighted by Crippen LogP contribution is -2.05. The summed E-state index contributed by atoms with van der Waals surface area (Å²) in [6.07, 6.45) is 8.43. The summed E-state index contributed by atoms with van der Waals surface area (Å²) in [5.41, 5.74) is 12.4. The minimum absolute atomic E-state index is 0.622. The molecule has 0 aliphatic heterocycles. The van der Waals surface area contributed by atoms with Gasteiger partial charge in [-0.3, -0.25) is 0 Å². The van der Waals surface area contributed by atoms with Crippen LogP contribution in [0.25, 0.3) is 0 Å². The van der Waals surface area contributed by atoms with Crippen LogP contribution in [0.15, 0.2) is 35.7 Å². The highest BCUT2D eigenvalue weighted by Gasteiger charge is 1.87. The van der Waals surface area contributed by atoms with E-state index in [1.807, 2.05) is 25.2 Å². The van der Waals surface area contributed by atoms with E-state index in [1.165, 1.54) is 0 Å². The molecule has 4 N–H and O–H groups in total. The highest BCUT2D eigenvalue weighted by atomic mass is 14.7. The first-order chi connectivity index (χ1) is 5.22. The molecule has 0 radical (unpaired) electrons. The molecule has 11 heavy (non-hydrogen) atoms. The molecule has 0 saturated carbocycles. The molecule has 0 aromatic carbocycles. The van der Waals surface area contributed by atoms with E-state index in [-0.39, 0.29) is 0 Å². The monoisotopic (exact) mass is 152 g/mol. The van der Waals surface area contributed by atoms with Crippen LogP contribution in [-0.4, -0.2) is 0 Å². The van der Waals surface area contributed by atoms with Gasteiger partial charge in [-0.2, -0.15) is 0 Å². The molecule has 0 unspecified atom stereocenters. The van der Waals surface area contributed by atoms with Crippen LogP contribution in [0.2, 0.25) is 0 Å². The minimum Gasteiger partial charge on any atom is -0.397 e. The average Bonchev–Trinajstić information content (AvgIpc) is 2.00. The Morgan fingerprint density at radius 1 is 1.18 bits per heavy atom. The largest absolute Gasteiger partial charge is 0.397 e. The van der Waals surface area contributed by atoms with Gasteiger partial charge < -0.3 is 11.5 Å². The second-order valence-electron chi connectivity index (χ2n) is 2.22. The molecule has 0 fully saturated rings. The standard InChI is InChI=1S/C9H16N2/c1-3-5-7-9(11)8(10)6-4-2/h4-7H,3,10-11H2,1-2H3/b6-4+,7-5-,9-8-. The Labute approximate surface area is 68.3 Å². The zero-order valence-corrected chi connectivity index (χ0v) is 7.17. The van der Waals surface area contributed by atoms with Gasteiger partial charge in [-0.1, -0.05) is 19.1 Å². The first-order valence-corrected chi connectivity index (χ1v) is 3.76. The van der Waals surface area contributed by atoms with Crippen molar-refractivity contribution < 1.29 is 0 Å². The Morgan fingerprint density at radius 2 is 1.73 bits per heavy atom. The van der Waals surface area contributed by atoms with Crippen molar-refractivity contribution in [3.8, 4) is 0 Å². The third-order valence-electron chi connectivity index (χ3n) is 1.21. The number of nitrogens with two attached hydrogens (primary N) is 2. The van der Waals surface area contributed by atoms with Gasteiger partial charge in [0.15, 0.2) is 0 Å².